The van der Waals surface area contributed by atoms with Gasteiger partial charge in [0.2, 0.25) is 0 Å². The first-order chi connectivity index (χ1) is 6.58. The molecule has 0 aliphatic carbocycles. The molecular weight excluding hydrogens is 190 g/mol. The minimum Gasteiger partial charge on any atom is -0.477 e. The number of nitrogens with one attached hydrogen (secondary N) is 3. The van der Waals surface area contributed by atoms with Gasteiger partial charge in [-0.3, -0.25) is 14.8 Å². The monoisotopic (exact) mass is 195 g/mol. The van der Waals surface area contributed by atoms with Crippen molar-refractivity contribution < 1.29 is 9.90 Å². The summed E-state index contributed by atoms with van der Waals surface area (Å²) in [4.78, 5) is 39.1. The van der Waals surface area contributed by atoms with Crippen LogP contribution in [0.2, 0.25) is 0 Å². The first-order valence-corrected chi connectivity index (χ1v) is 3.66. The predicted molar refractivity (Wildman–Crippen MR) is 46.5 cm³/mol. The van der Waals surface area contributed by atoms with Gasteiger partial charge in [-0.1, -0.05) is 0 Å². The molecule has 2 aromatic rings. The molecule has 14 heavy (non-hydrogen) atoms. The number of aromatic nitrogens is 3. The molecule has 0 saturated carbocycles. The van der Waals surface area contributed by atoms with Crippen LogP contribution < -0.4 is 11.2 Å². The summed E-state index contributed by atoms with van der Waals surface area (Å²) in [7, 11) is 0. The lowest BCUT2D eigenvalue weighted by Crippen LogP contribution is -2.21. The smallest absolute Gasteiger partial charge is 0.352 e. The largest absolute Gasteiger partial charge is 0.477 e. The topological polar surface area (TPSA) is 119 Å². The third-order valence-corrected chi connectivity index (χ3v) is 1.76. The highest BCUT2D eigenvalue weighted by Crippen LogP contribution is 2.06. The Kier molecular flexibility index (Phi) is 1.53. The van der Waals surface area contributed by atoms with Crippen LogP contribution in [0.25, 0.3) is 11.0 Å². The molecule has 7 heteroatoms. The van der Waals surface area contributed by atoms with Crippen molar-refractivity contribution in [1.82, 2.24) is 15.0 Å². The van der Waals surface area contributed by atoms with Crippen LogP contribution in [-0.4, -0.2) is 26.0 Å². The van der Waals surface area contributed by atoms with Crippen molar-refractivity contribution in [3.8, 4) is 0 Å². The number of carboxylic acids is 1. The molecule has 72 valence electrons. The zero-order valence-electron chi connectivity index (χ0n) is 6.75. The van der Waals surface area contributed by atoms with Crippen LogP contribution in [0, 0.1) is 0 Å². The third-order valence-electron chi connectivity index (χ3n) is 1.76. The molecule has 0 saturated heterocycles. The van der Waals surface area contributed by atoms with E-state index < -0.39 is 17.2 Å². The number of hydrogen-bond donors (Lipinski definition) is 4. The number of carbonyl (C=O) groups is 1. The van der Waals surface area contributed by atoms with Crippen molar-refractivity contribution in [3.05, 3.63) is 32.6 Å². The number of carboxylic acid groups (broad SMARTS) is 1. The van der Waals surface area contributed by atoms with Gasteiger partial charge < -0.3 is 10.1 Å². The fourth-order valence-corrected chi connectivity index (χ4v) is 1.16. The molecule has 2 heterocycles. The first-order valence-electron chi connectivity index (χ1n) is 3.66. The van der Waals surface area contributed by atoms with E-state index in [9.17, 15) is 14.4 Å². The summed E-state index contributed by atoms with van der Waals surface area (Å²) in [5.41, 5.74) is -1.34. The van der Waals surface area contributed by atoms with Crippen LogP contribution >= 0.6 is 0 Å². The molecule has 0 atom stereocenters. The van der Waals surface area contributed by atoms with Gasteiger partial charge in [-0.15, -0.1) is 0 Å². The van der Waals surface area contributed by atoms with Crippen LogP contribution in [0.1, 0.15) is 10.5 Å². The summed E-state index contributed by atoms with van der Waals surface area (Å²) in [5.74, 6) is -1.19. The molecule has 0 fully saturated rings. The lowest BCUT2D eigenvalue weighted by atomic mass is 10.3. The number of rotatable bonds is 1. The second-order valence-corrected chi connectivity index (χ2v) is 2.69. The van der Waals surface area contributed by atoms with Gasteiger partial charge in [-0.25, -0.2) is 9.59 Å². The molecule has 0 amide bonds. The molecule has 2 rings (SSSR count). The highest BCUT2D eigenvalue weighted by molar-refractivity contribution is 5.92. The van der Waals surface area contributed by atoms with E-state index in [1.807, 2.05) is 4.98 Å². The van der Waals surface area contributed by atoms with E-state index in [2.05, 4.69) is 9.97 Å². The Morgan fingerprint density at radius 1 is 1.21 bits per heavy atom. The molecule has 0 radical (unpaired) electrons. The molecule has 0 spiro atoms. The molecule has 0 bridgehead atoms. The van der Waals surface area contributed by atoms with Gasteiger partial charge in [0, 0.05) is 0 Å². The zero-order valence-corrected chi connectivity index (χ0v) is 6.75. The van der Waals surface area contributed by atoms with Crippen LogP contribution in [0.15, 0.2) is 15.7 Å². The molecule has 7 nitrogen and oxygen atoms in total. The Morgan fingerprint density at radius 3 is 2.57 bits per heavy atom. The Hall–Kier alpha value is -2.31. The van der Waals surface area contributed by atoms with Gasteiger partial charge in [0.25, 0.3) is 5.56 Å². The highest BCUT2D eigenvalue weighted by atomic mass is 16.4. The van der Waals surface area contributed by atoms with Gasteiger partial charge >= 0.3 is 11.7 Å². The summed E-state index contributed by atoms with van der Waals surface area (Å²) < 4.78 is 0. The molecule has 2 aromatic heterocycles. The fraction of sp³-hybridized carbons (Fsp3) is 0. The summed E-state index contributed by atoms with van der Waals surface area (Å²) in [6.45, 7) is 0. The Balaban J connectivity index is 2.90. The summed E-state index contributed by atoms with van der Waals surface area (Å²) in [6, 6.07) is 1.16. The fourth-order valence-electron chi connectivity index (χ4n) is 1.16. The summed E-state index contributed by atoms with van der Waals surface area (Å²) in [6.07, 6.45) is 0. The van der Waals surface area contributed by atoms with Gasteiger partial charge in [-0.2, -0.15) is 0 Å². The Bertz CT molecular complexity index is 618. The quantitative estimate of drug-likeness (QED) is 0.478. The third kappa shape index (κ3) is 1.11. The van der Waals surface area contributed by atoms with Gasteiger partial charge in [0.15, 0.2) is 0 Å². The van der Waals surface area contributed by atoms with Crippen molar-refractivity contribution in [2.75, 3.05) is 0 Å². The Labute approximate surface area is 75.4 Å². The van der Waals surface area contributed by atoms with Crippen molar-refractivity contribution in [1.29, 1.82) is 0 Å². The van der Waals surface area contributed by atoms with Gasteiger partial charge in [0.1, 0.15) is 11.3 Å². The second-order valence-electron chi connectivity index (χ2n) is 2.69. The molecular formula is C7H5N3O4. The number of hydrogen-bond acceptors (Lipinski definition) is 3. The molecule has 4 N–H and O–H groups in total. The van der Waals surface area contributed by atoms with E-state index in [-0.39, 0.29) is 16.7 Å². The predicted octanol–water partition coefficient (Wildman–Crippen LogP) is -0.757. The van der Waals surface area contributed by atoms with E-state index in [1.54, 1.807) is 0 Å². The average molecular weight is 195 g/mol. The summed E-state index contributed by atoms with van der Waals surface area (Å²) in [5, 5.41) is 8.72. The number of fused-ring (bicyclic) bond motifs is 1. The lowest BCUT2D eigenvalue weighted by molar-refractivity contribution is 0.0691. The van der Waals surface area contributed by atoms with Crippen molar-refractivity contribution >= 4 is 17.0 Å². The standard InChI is InChI=1S/C7H5N3O4/c11-5-2-1-3(6(12)13)8-4(2)9-7(14)10-5/h1H,(H,12,13)(H3,8,9,10,11,14). The van der Waals surface area contributed by atoms with Crippen LogP contribution in [-0.2, 0) is 0 Å². The zero-order chi connectivity index (χ0) is 10.3. The lowest BCUT2D eigenvalue weighted by Gasteiger charge is -1.85. The van der Waals surface area contributed by atoms with Crippen LogP contribution in [0.5, 0.6) is 0 Å². The highest BCUT2D eigenvalue weighted by Gasteiger charge is 2.09. The number of aromatic amines is 3. The van der Waals surface area contributed by atoms with Gasteiger partial charge in [-0.05, 0) is 6.07 Å². The average Bonchev–Trinajstić information content (AvgIpc) is 2.47. The normalized spacial score (nSPS) is 10.6. The minimum atomic E-state index is -1.19. The van der Waals surface area contributed by atoms with Gasteiger partial charge in [0.05, 0.1) is 5.39 Å². The van der Waals surface area contributed by atoms with E-state index in [4.69, 9.17) is 5.11 Å². The molecule has 0 aromatic carbocycles. The van der Waals surface area contributed by atoms with Crippen LogP contribution in [0.4, 0.5) is 0 Å². The van der Waals surface area contributed by atoms with E-state index >= 15 is 0 Å². The maximum Gasteiger partial charge on any atom is 0.352 e. The number of H-pyrrole nitrogens is 3. The maximum atomic E-state index is 11.1. The first kappa shape index (κ1) is 8.30. The second kappa shape index (κ2) is 2.59. The van der Waals surface area contributed by atoms with Crippen molar-refractivity contribution in [2.45, 2.75) is 0 Å². The van der Waals surface area contributed by atoms with Crippen molar-refractivity contribution in [3.63, 3.8) is 0 Å². The van der Waals surface area contributed by atoms with Crippen LogP contribution in [0.3, 0.4) is 0 Å². The van der Waals surface area contributed by atoms with E-state index in [0.29, 0.717) is 0 Å². The molecule has 0 unspecified atom stereocenters. The molecule has 0 aliphatic heterocycles. The summed E-state index contributed by atoms with van der Waals surface area (Å²) >= 11 is 0. The Morgan fingerprint density at radius 2 is 1.93 bits per heavy atom. The minimum absolute atomic E-state index is 0.108. The maximum absolute atomic E-state index is 11.1. The van der Waals surface area contributed by atoms with Crippen molar-refractivity contribution in [2.24, 2.45) is 0 Å². The van der Waals surface area contributed by atoms with E-state index in [0.717, 1.165) is 6.07 Å². The number of aromatic carboxylic acids is 1. The van der Waals surface area contributed by atoms with E-state index in [1.165, 1.54) is 0 Å². The SMILES string of the molecule is O=C(O)c1cc2c(=O)[nH]c(=O)[nH]c2[nH]1. The molecule has 0 aliphatic rings.